The first-order valence-electron chi connectivity index (χ1n) is 7.18. The Morgan fingerprint density at radius 3 is 2.86 bits per heavy atom. The van der Waals surface area contributed by atoms with Crippen molar-refractivity contribution in [3.63, 3.8) is 0 Å². The third-order valence-electron chi connectivity index (χ3n) is 3.33. The summed E-state index contributed by atoms with van der Waals surface area (Å²) in [5, 5.41) is 10.2. The molecule has 0 spiro atoms. The lowest BCUT2D eigenvalue weighted by atomic mass is 10.1. The van der Waals surface area contributed by atoms with E-state index in [9.17, 15) is 0 Å². The molecule has 0 bridgehead atoms. The third kappa shape index (κ3) is 3.84. The van der Waals surface area contributed by atoms with Crippen LogP contribution in [-0.2, 0) is 6.54 Å². The van der Waals surface area contributed by atoms with E-state index in [4.69, 9.17) is 4.74 Å². The zero-order chi connectivity index (χ0) is 15.2. The highest BCUT2D eigenvalue weighted by molar-refractivity contribution is 7.10. The number of hydrogen-bond donors (Lipinski definition) is 1. The molecule has 0 saturated heterocycles. The summed E-state index contributed by atoms with van der Waals surface area (Å²) in [6.07, 6.45) is 1.81. The summed E-state index contributed by atoms with van der Waals surface area (Å²) in [5.74, 6) is 0.841. The Morgan fingerprint density at radius 2 is 2.29 bits per heavy atom. The number of thiophene rings is 1. The van der Waals surface area contributed by atoms with E-state index in [2.05, 4.69) is 53.8 Å². The van der Waals surface area contributed by atoms with Gasteiger partial charge in [0.05, 0.1) is 25.9 Å². The minimum Gasteiger partial charge on any atom is -0.493 e. The van der Waals surface area contributed by atoms with E-state index in [-0.39, 0.29) is 6.04 Å². The second-order valence-corrected chi connectivity index (χ2v) is 6.11. The molecular weight excluding hydrogens is 284 g/mol. The third-order valence-corrected chi connectivity index (χ3v) is 4.27. The molecule has 6 heteroatoms. The van der Waals surface area contributed by atoms with Gasteiger partial charge in [0.2, 0.25) is 0 Å². The number of aromatic nitrogens is 2. The fourth-order valence-corrected chi connectivity index (χ4v) is 3.09. The zero-order valence-electron chi connectivity index (χ0n) is 13.2. The summed E-state index contributed by atoms with van der Waals surface area (Å²) in [7, 11) is 5.84. The smallest absolute Gasteiger partial charge is 0.161 e. The van der Waals surface area contributed by atoms with Gasteiger partial charge in [-0.05, 0) is 32.1 Å². The average Bonchev–Trinajstić information content (AvgIpc) is 3.11. The van der Waals surface area contributed by atoms with Gasteiger partial charge >= 0.3 is 0 Å². The molecule has 116 valence electrons. The van der Waals surface area contributed by atoms with Crippen molar-refractivity contribution in [2.24, 2.45) is 0 Å². The second kappa shape index (κ2) is 7.59. The van der Waals surface area contributed by atoms with E-state index in [1.807, 2.05) is 10.9 Å². The molecule has 0 radical (unpaired) electrons. The van der Waals surface area contributed by atoms with Crippen molar-refractivity contribution >= 4 is 11.3 Å². The lowest BCUT2D eigenvalue weighted by molar-refractivity contribution is 0.360. The zero-order valence-corrected chi connectivity index (χ0v) is 14.0. The van der Waals surface area contributed by atoms with Gasteiger partial charge in [-0.15, -0.1) is 11.3 Å². The molecule has 0 fully saturated rings. The van der Waals surface area contributed by atoms with E-state index in [0.29, 0.717) is 0 Å². The molecular formula is C15H24N4OS. The highest BCUT2D eigenvalue weighted by Crippen LogP contribution is 2.32. The van der Waals surface area contributed by atoms with Gasteiger partial charge in [0.1, 0.15) is 5.69 Å². The van der Waals surface area contributed by atoms with Gasteiger partial charge in [-0.1, -0.05) is 13.0 Å². The molecule has 0 aromatic carbocycles. The van der Waals surface area contributed by atoms with Crippen LogP contribution >= 0.6 is 11.3 Å². The second-order valence-electron chi connectivity index (χ2n) is 5.13. The van der Waals surface area contributed by atoms with Crippen LogP contribution in [0.25, 0.3) is 0 Å². The Morgan fingerprint density at radius 1 is 1.48 bits per heavy atom. The summed E-state index contributed by atoms with van der Waals surface area (Å²) >= 11 is 1.75. The highest BCUT2D eigenvalue weighted by atomic mass is 32.1. The van der Waals surface area contributed by atoms with Crippen LogP contribution in [0.1, 0.15) is 23.5 Å². The summed E-state index contributed by atoms with van der Waals surface area (Å²) in [4.78, 5) is 3.44. The minimum atomic E-state index is 0.120. The Kier molecular flexibility index (Phi) is 5.78. The maximum atomic E-state index is 5.53. The van der Waals surface area contributed by atoms with Crippen LogP contribution in [-0.4, -0.2) is 49.0 Å². The molecule has 21 heavy (non-hydrogen) atoms. The quantitative estimate of drug-likeness (QED) is 0.812. The minimum absolute atomic E-state index is 0.120. The van der Waals surface area contributed by atoms with Crippen molar-refractivity contribution in [3.05, 3.63) is 34.3 Å². The van der Waals surface area contributed by atoms with E-state index >= 15 is 0 Å². The topological polar surface area (TPSA) is 42.3 Å². The largest absolute Gasteiger partial charge is 0.493 e. The summed E-state index contributed by atoms with van der Waals surface area (Å²) in [6, 6.07) is 4.35. The summed E-state index contributed by atoms with van der Waals surface area (Å²) < 4.78 is 7.57. The van der Waals surface area contributed by atoms with E-state index < -0.39 is 0 Å². The standard InChI is InChI=1S/C15H24N4OS/c1-5-16-14(13-7-6-10-21-13)15-12(20-4)11-17-19(15)9-8-18(2)3/h6-7,10-11,14,16H,5,8-9H2,1-4H3. The molecule has 2 aromatic rings. The lowest BCUT2D eigenvalue weighted by Gasteiger charge is -2.20. The predicted octanol–water partition coefficient (Wildman–Crippen LogP) is 2.21. The number of hydrogen-bond acceptors (Lipinski definition) is 5. The van der Waals surface area contributed by atoms with Crippen LogP contribution < -0.4 is 10.1 Å². The van der Waals surface area contributed by atoms with Crippen molar-refractivity contribution in [2.75, 3.05) is 34.3 Å². The number of nitrogens with zero attached hydrogens (tertiary/aromatic N) is 3. The van der Waals surface area contributed by atoms with Gasteiger partial charge in [-0.25, -0.2) is 0 Å². The first-order valence-corrected chi connectivity index (χ1v) is 8.06. The molecule has 1 unspecified atom stereocenters. The van der Waals surface area contributed by atoms with Crippen LogP contribution in [0.4, 0.5) is 0 Å². The van der Waals surface area contributed by atoms with Gasteiger partial charge in [0, 0.05) is 11.4 Å². The molecule has 2 heterocycles. The van der Waals surface area contributed by atoms with Crippen molar-refractivity contribution in [1.82, 2.24) is 20.0 Å². The monoisotopic (exact) mass is 308 g/mol. The Labute approximate surface area is 130 Å². The molecule has 2 rings (SSSR count). The van der Waals surface area contributed by atoms with E-state index in [1.165, 1.54) is 4.88 Å². The number of nitrogens with one attached hydrogen (secondary N) is 1. The number of methoxy groups -OCH3 is 1. The lowest BCUT2D eigenvalue weighted by Crippen LogP contribution is -2.27. The maximum absolute atomic E-state index is 5.53. The van der Waals surface area contributed by atoms with Crippen LogP contribution in [0, 0.1) is 0 Å². The van der Waals surface area contributed by atoms with E-state index in [1.54, 1.807) is 18.4 Å². The number of rotatable bonds is 8. The van der Waals surface area contributed by atoms with Gasteiger partial charge in [0.25, 0.3) is 0 Å². The molecule has 0 aliphatic rings. The average molecular weight is 308 g/mol. The molecule has 1 atom stereocenters. The van der Waals surface area contributed by atoms with Gasteiger partial charge in [-0.2, -0.15) is 5.10 Å². The molecule has 0 aliphatic carbocycles. The molecule has 5 nitrogen and oxygen atoms in total. The molecule has 0 aliphatic heterocycles. The Bertz CT molecular complexity index is 536. The number of likely N-dealkylation sites (N-methyl/N-ethyl adjacent to an activating group) is 1. The van der Waals surface area contributed by atoms with Crippen molar-refractivity contribution < 1.29 is 4.74 Å². The highest BCUT2D eigenvalue weighted by Gasteiger charge is 2.23. The summed E-state index contributed by atoms with van der Waals surface area (Å²) in [6.45, 7) is 4.80. The fraction of sp³-hybridized carbons (Fsp3) is 0.533. The molecule has 0 amide bonds. The van der Waals surface area contributed by atoms with Gasteiger partial charge < -0.3 is 15.0 Å². The van der Waals surface area contributed by atoms with Crippen LogP contribution in [0.3, 0.4) is 0 Å². The van der Waals surface area contributed by atoms with Crippen molar-refractivity contribution in [3.8, 4) is 5.75 Å². The molecule has 1 N–H and O–H groups in total. The fourth-order valence-electron chi connectivity index (χ4n) is 2.29. The maximum Gasteiger partial charge on any atom is 0.161 e. The van der Waals surface area contributed by atoms with Crippen molar-refractivity contribution in [2.45, 2.75) is 19.5 Å². The predicted molar refractivity (Wildman–Crippen MR) is 87.2 cm³/mol. The van der Waals surface area contributed by atoms with E-state index in [0.717, 1.165) is 31.1 Å². The SMILES string of the molecule is CCNC(c1cccs1)c1c(OC)cnn1CCN(C)C. The van der Waals surface area contributed by atoms with Gasteiger partial charge in [0.15, 0.2) is 5.75 Å². The first-order chi connectivity index (χ1) is 10.2. The van der Waals surface area contributed by atoms with Crippen LogP contribution in [0.15, 0.2) is 23.7 Å². The molecule has 2 aromatic heterocycles. The van der Waals surface area contributed by atoms with Crippen LogP contribution in [0.5, 0.6) is 5.75 Å². The van der Waals surface area contributed by atoms with Crippen LogP contribution in [0.2, 0.25) is 0 Å². The number of ether oxygens (including phenoxy) is 1. The first kappa shape index (κ1) is 16.0. The Hall–Kier alpha value is -1.37. The van der Waals surface area contributed by atoms with Crippen molar-refractivity contribution in [1.29, 1.82) is 0 Å². The normalized spacial score (nSPS) is 12.8. The van der Waals surface area contributed by atoms with Gasteiger partial charge in [-0.3, -0.25) is 4.68 Å². The molecule has 0 saturated carbocycles. The Balaban J connectivity index is 2.35. The summed E-state index contributed by atoms with van der Waals surface area (Å²) in [5.41, 5.74) is 1.10.